The SMILES string of the molecule is c1ccc(N(c2ccc3sc4cc(N(c5cccc6ccccc56)c5cccc6ccccc56)ccc4c3c2)c2cccc3c2oc2ccccc23)cc1.c1ccc(N(c2ccccc2)c2ccc3c(c2)sc2ccc(N(c4ccccc4)c4cc5c6ccccc6sc5c5ccccc45)cc23)cc1. The summed E-state index contributed by atoms with van der Waals surface area (Å²) in [6.45, 7) is 0. The number of fused-ring (bicyclic) bond motifs is 16. The molecule has 0 aliphatic heterocycles. The lowest BCUT2D eigenvalue weighted by atomic mass is 10.0. The molecular weight excluding hydrogens is 1320 g/mol. The van der Waals surface area contributed by atoms with Gasteiger partial charge in [-0.15, -0.1) is 34.0 Å². The summed E-state index contributed by atoms with van der Waals surface area (Å²) in [7, 11) is 0. The van der Waals surface area contributed by atoms with Crippen molar-refractivity contribution >= 4 is 217 Å². The number of hydrogen-bond acceptors (Lipinski definition) is 8. The Bertz CT molecular complexity index is 6720. The molecule has 0 N–H and O–H groups in total. The van der Waals surface area contributed by atoms with Crippen molar-refractivity contribution in [1.29, 1.82) is 0 Å². The molecule has 0 radical (unpaired) electrons. The van der Waals surface area contributed by atoms with Crippen LogP contribution < -0.4 is 19.6 Å². The van der Waals surface area contributed by atoms with Crippen LogP contribution in [0.3, 0.4) is 0 Å². The van der Waals surface area contributed by atoms with Crippen molar-refractivity contribution in [2.24, 2.45) is 0 Å². The Labute approximate surface area is 612 Å². The second-order valence-corrected chi connectivity index (χ2v) is 29.5. The van der Waals surface area contributed by atoms with Gasteiger partial charge in [0, 0.05) is 138 Å². The van der Waals surface area contributed by atoms with Gasteiger partial charge in [-0.1, -0.05) is 231 Å². The summed E-state index contributed by atoms with van der Waals surface area (Å²) in [5.74, 6) is 0. The second-order valence-electron chi connectivity index (χ2n) is 26.3. The van der Waals surface area contributed by atoms with Gasteiger partial charge in [0.15, 0.2) is 5.58 Å². The van der Waals surface area contributed by atoms with E-state index >= 15 is 0 Å². The number of thiophene rings is 3. The van der Waals surface area contributed by atoms with E-state index in [0.29, 0.717) is 0 Å². The van der Waals surface area contributed by atoms with E-state index in [0.717, 1.165) is 84.5 Å². The molecule has 104 heavy (non-hydrogen) atoms. The molecule has 490 valence electrons. The van der Waals surface area contributed by atoms with Gasteiger partial charge >= 0.3 is 0 Å². The highest BCUT2D eigenvalue weighted by Gasteiger charge is 2.25. The van der Waals surface area contributed by atoms with Crippen LogP contribution in [0.25, 0.3) is 115 Å². The van der Waals surface area contributed by atoms with E-state index in [9.17, 15) is 0 Å². The van der Waals surface area contributed by atoms with Crippen LogP contribution in [0.2, 0.25) is 0 Å². The minimum absolute atomic E-state index is 0.879. The first-order chi connectivity index (χ1) is 51.6. The fourth-order valence-corrected chi connectivity index (χ4v) is 19.0. The van der Waals surface area contributed by atoms with E-state index in [1.807, 2.05) is 46.1 Å². The number of anilines is 12. The first-order valence-corrected chi connectivity index (χ1v) is 37.6. The summed E-state index contributed by atoms with van der Waals surface area (Å²) in [5.41, 5.74) is 15.3. The lowest BCUT2D eigenvalue weighted by Gasteiger charge is -2.28. The van der Waals surface area contributed by atoms with E-state index in [1.165, 1.54) is 98.5 Å². The van der Waals surface area contributed by atoms with Crippen LogP contribution in [0.5, 0.6) is 0 Å². The predicted octanol–water partition coefficient (Wildman–Crippen LogP) is 29.7. The van der Waals surface area contributed by atoms with Crippen LogP contribution in [0.1, 0.15) is 0 Å². The van der Waals surface area contributed by atoms with Crippen LogP contribution in [0.4, 0.5) is 68.2 Å². The van der Waals surface area contributed by atoms with Gasteiger partial charge in [-0.3, -0.25) is 0 Å². The maximum Gasteiger partial charge on any atom is 0.159 e. The monoisotopic (exact) mass is 1380 g/mol. The lowest BCUT2D eigenvalue weighted by molar-refractivity contribution is 0.669. The average molecular weight is 1380 g/mol. The third-order valence-electron chi connectivity index (χ3n) is 20.2. The Morgan fingerprint density at radius 1 is 0.183 bits per heavy atom. The van der Waals surface area contributed by atoms with Crippen molar-refractivity contribution in [3.05, 3.63) is 376 Å². The molecule has 0 amide bonds. The van der Waals surface area contributed by atoms with E-state index < -0.39 is 0 Å². The molecule has 5 nitrogen and oxygen atoms in total. The highest BCUT2D eigenvalue weighted by molar-refractivity contribution is 7.27. The number of benzene rings is 17. The Morgan fingerprint density at radius 3 is 1.13 bits per heavy atom. The van der Waals surface area contributed by atoms with Gasteiger partial charge in [-0.2, -0.15) is 0 Å². The van der Waals surface area contributed by atoms with Gasteiger partial charge in [0.05, 0.1) is 22.7 Å². The Hall–Kier alpha value is -12.8. The molecule has 21 aromatic rings. The van der Waals surface area contributed by atoms with E-state index in [4.69, 9.17) is 4.42 Å². The summed E-state index contributed by atoms with van der Waals surface area (Å²) >= 11 is 5.59. The second kappa shape index (κ2) is 25.7. The third kappa shape index (κ3) is 10.6. The Kier molecular flexibility index (Phi) is 15.1. The van der Waals surface area contributed by atoms with Crippen molar-refractivity contribution in [2.75, 3.05) is 19.6 Å². The molecule has 0 saturated carbocycles. The molecule has 0 unspecified atom stereocenters. The standard InChI is InChI=1S/C50H32N2OS.C46H30N2S2/c1-2-17-35(18-3-1)51(46-25-12-22-42-40-21-8-9-26-47(40)53-50(42)46)36-28-30-48-43(31-36)41-29-27-37(32-49(41)54-48)52(44-23-10-15-33-13-4-6-19-38(33)44)45-24-11-16-34-14-5-7-20-39(34)45;1-4-14-31(15-5-1)47(32-16-6-2-7-17-32)35-24-26-38-40-28-34(25-27-44(40)49-45(38)29-35)48(33-18-8-3-9-19-33)42-30-41-37-21-12-13-23-43(37)50-46(41)39-22-11-10-20-36(39)42/h1-32H;1-30H. The fourth-order valence-electron chi connectivity index (χ4n) is 15.5. The van der Waals surface area contributed by atoms with Gasteiger partial charge in [0.2, 0.25) is 0 Å². The normalized spacial score (nSPS) is 11.7. The highest BCUT2D eigenvalue weighted by atomic mass is 32.1. The summed E-state index contributed by atoms with van der Waals surface area (Å²) in [6, 6.07) is 136. The molecular formula is C96H62N4OS3. The van der Waals surface area contributed by atoms with E-state index in [1.54, 1.807) is 0 Å². The number of furan rings is 1. The summed E-state index contributed by atoms with van der Waals surface area (Å²) in [5, 5.41) is 17.3. The Morgan fingerprint density at radius 2 is 0.567 bits per heavy atom. The number of rotatable bonds is 12. The number of nitrogens with zero attached hydrogens (tertiary/aromatic N) is 4. The van der Waals surface area contributed by atoms with Crippen molar-refractivity contribution in [1.82, 2.24) is 0 Å². The zero-order chi connectivity index (χ0) is 68.6. The van der Waals surface area contributed by atoms with Crippen LogP contribution >= 0.6 is 34.0 Å². The highest BCUT2D eigenvalue weighted by Crippen LogP contribution is 2.51. The number of hydrogen-bond donors (Lipinski definition) is 0. The van der Waals surface area contributed by atoms with E-state index in [-0.39, 0.29) is 0 Å². The quantitative estimate of drug-likeness (QED) is 0.121. The first-order valence-electron chi connectivity index (χ1n) is 35.1. The van der Waals surface area contributed by atoms with Gasteiger partial charge in [0.1, 0.15) is 5.58 Å². The topological polar surface area (TPSA) is 26.1 Å². The molecule has 0 atom stereocenters. The molecule has 0 spiro atoms. The van der Waals surface area contributed by atoms with Crippen molar-refractivity contribution in [2.45, 2.75) is 0 Å². The summed E-state index contributed by atoms with van der Waals surface area (Å²) in [4.78, 5) is 9.54. The van der Waals surface area contributed by atoms with Crippen LogP contribution in [-0.4, -0.2) is 0 Å². The molecule has 17 aromatic carbocycles. The first kappa shape index (κ1) is 61.1. The van der Waals surface area contributed by atoms with Crippen LogP contribution in [0.15, 0.2) is 381 Å². The van der Waals surface area contributed by atoms with Gasteiger partial charge in [-0.05, 0) is 156 Å². The fraction of sp³-hybridized carbons (Fsp3) is 0. The lowest BCUT2D eigenvalue weighted by Crippen LogP contribution is -2.11. The third-order valence-corrected chi connectivity index (χ3v) is 23.7. The summed E-state index contributed by atoms with van der Waals surface area (Å²) < 4.78 is 14.3. The zero-order valence-electron chi connectivity index (χ0n) is 56.2. The van der Waals surface area contributed by atoms with Crippen molar-refractivity contribution in [3.63, 3.8) is 0 Å². The minimum atomic E-state index is 0.879. The van der Waals surface area contributed by atoms with Gasteiger partial charge in [0.25, 0.3) is 0 Å². The van der Waals surface area contributed by atoms with Crippen LogP contribution in [-0.2, 0) is 0 Å². The van der Waals surface area contributed by atoms with Gasteiger partial charge < -0.3 is 24.0 Å². The zero-order valence-corrected chi connectivity index (χ0v) is 58.7. The molecule has 0 saturated heterocycles. The molecule has 4 aromatic heterocycles. The molecule has 0 aliphatic rings. The maximum atomic E-state index is 6.57. The largest absolute Gasteiger partial charge is 0.454 e. The molecule has 0 fully saturated rings. The molecule has 0 bridgehead atoms. The van der Waals surface area contributed by atoms with Crippen molar-refractivity contribution in [3.8, 4) is 0 Å². The summed E-state index contributed by atoms with van der Waals surface area (Å²) in [6.07, 6.45) is 0. The molecule has 21 rings (SSSR count). The molecule has 4 heterocycles. The molecule has 0 aliphatic carbocycles. The van der Waals surface area contributed by atoms with Crippen molar-refractivity contribution < 1.29 is 4.42 Å². The minimum Gasteiger partial charge on any atom is -0.454 e. The smallest absolute Gasteiger partial charge is 0.159 e. The maximum absolute atomic E-state index is 6.57. The Balaban J connectivity index is 0.000000139. The van der Waals surface area contributed by atoms with Crippen LogP contribution in [0, 0.1) is 0 Å². The molecule has 8 heteroatoms. The average Bonchev–Trinajstić information content (AvgIpc) is 1.55. The number of para-hydroxylation sites is 6. The predicted molar refractivity (Wildman–Crippen MR) is 450 cm³/mol. The van der Waals surface area contributed by atoms with Gasteiger partial charge in [-0.25, -0.2) is 0 Å². The van der Waals surface area contributed by atoms with E-state index in [2.05, 4.69) is 384 Å².